The molecule has 0 bridgehead atoms. The molecule has 0 spiro atoms. The van der Waals surface area contributed by atoms with Crippen molar-refractivity contribution in [2.45, 2.75) is 6.42 Å². The van der Waals surface area contributed by atoms with Gasteiger partial charge in [0.25, 0.3) is 0 Å². The molecular weight excluding hydrogens is 402 g/mol. The minimum atomic E-state index is -1.05. The lowest BCUT2D eigenvalue weighted by Gasteiger charge is -2.08. The molecule has 1 amide bonds. The minimum Gasteiger partial charge on any atom is -0.478 e. The van der Waals surface area contributed by atoms with Gasteiger partial charge in [-0.2, -0.15) is 0 Å². The average Bonchev–Trinajstić information content (AvgIpc) is 3.28. The van der Waals surface area contributed by atoms with Gasteiger partial charge < -0.3 is 14.8 Å². The van der Waals surface area contributed by atoms with E-state index in [1.807, 2.05) is 72.8 Å². The van der Waals surface area contributed by atoms with Gasteiger partial charge >= 0.3 is 5.97 Å². The highest BCUT2D eigenvalue weighted by atomic mass is 16.4. The van der Waals surface area contributed by atoms with Gasteiger partial charge in [0.2, 0.25) is 5.91 Å². The number of hydrogen-bond donors (Lipinski definition) is 2. The maximum absolute atomic E-state index is 12.4. The molecule has 0 radical (unpaired) electrons. The average molecular weight is 423 g/mol. The van der Waals surface area contributed by atoms with Crippen LogP contribution in [0.15, 0.2) is 95.4 Å². The Balaban J connectivity index is 1.42. The first-order valence-electron chi connectivity index (χ1n) is 10.1. The van der Waals surface area contributed by atoms with E-state index in [4.69, 9.17) is 4.42 Å². The van der Waals surface area contributed by atoms with Gasteiger partial charge in [-0.25, -0.2) is 4.79 Å². The maximum atomic E-state index is 12.4. The first-order chi connectivity index (χ1) is 15.6. The Labute approximate surface area is 185 Å². The van der Waals surface area contributed by atoms with Crippen molar-refractivity contribution in [2.24, 2.45) is 0 Å². The summed E-state index contributed by atoms with van der Waals surface area (Å²) < 4.78 is 5.88. The molecule has 1 heterocycles. The van der Waals surface area contributed by atoms with Crippen molar-refractivity contribution in [3.63, 3.8) is 0 Å². The lowest BCUT2D eigenvalue weighted by molar-refractivity contribution is -0.115. The van der Waals surface area contributed by atoms with Crippen LogP contribution in [-0.4, -0.2) is 17.0 Å². The normalized spacial score (nSPS) is 10.9. The fourth-order valence-electron chi connectivity index (χ4n) is 3.36. The van der Waals surface area contributed by atoms with Crippen LogP contribution in [-0.2, 0) is 11.2 Å². The van der Waals surface area contributed by atoms with Crippen LogP contribution in [0.2, 0.25) is 0 Å². The number of carbonyl (C=O) groups excluding carboxylic acids is 1. The second-order valence-electron chi connectivity index (χ2n) is 7.21. The topological polar surface area (TPSA) is 79.5 Å². The summed E-state index contributed by atoms with van der Waals surface area (Å²) in [5.41, 5.74) is 3.15. The summed E-state index contributed by atoms with van der Waals surface area (Å²) in [6.45, 7) is 0. The van der Waals surface area contributed by atoms with Crippen molar-refractivity contribution >= 4 is 29.7 Å². The molecule has 4 rings (SSSR count). The zero-order chi connectivity index (χ0) is 22.3. The number of furan rings is 1. The van der Waals surface area contributed by atoms with E-state index in [0.717, 1.165) is 22.6 Å². The molecule has 0 aliphatic rings. The lowest BCUT2D eigenvalue weighted by Crippen LogP contribution is -2.16. The van der Waals surface area contributed by atoms with E-state index in [-0.39, 0.29) is 17.9 Å². The van der Waals surface area contributed by atoms with Crippen LogP contribution in [0, 0.1) is 0 Å². The predicted octanol–water partition coefficient (Wildman–Crippen LogP) is 6.00. The van der Waals surface area contributed by atoms with Crippen LogP contribution in [0.5, 0.6) is 0 Å². The molecule has 32 heavy (non-hydrogen) atoms. The number of anilines is 1. The smallest absolute Gasteiger partial charge is 0.335 e. The molecule has 4 aromatic rings. The zero-order valence-corrected chi connectivity index (χ0v) is 17.2. The van der Waals surface area contributed by atoms with Gasteiger partial charge in [-0.1, -0.05) is 66.7 Å². The van der Waals surface area contributed by atoms with Crippen LogP contribution in [0.3, 0.4) is 0 Å². The largest absolute Gasteiger partial charge is 0.478 e. The van der Waals surface area contributed by atoms with Crippen molar-refractivity contribution in [1.29, 1.82) is 0 Å². The van der Waals surface area contributed by atoms with Crippen LogP contribution >= 0.6 is 0 Å². The van der Waals surface area contributed by atoms with Gasteiger partial charge in [-0.3, -0.25) is 4.79 Å². The molecule has 0 unspecified atom stereocenters. The lowest BCUT2D eigenvalue weighted by atomic mass is 10.0. The molecule has 5 nitrogen and oxygen atoms in total. The highest BCUT2D eigenvalue weighted by Gasteiger charge is 2.12. The van der Waals surface area contributed by atoms with Crippen LogP contribution in [0.4, 0.5) is 5.69 Å². The second kappa shape index (κ2) is 9.62. The third-order valence-electron chi connectivity index (χ3n) is 4.89. The van der Waals surface area contributed by atoms with Crippen molar-refractivity contribution in [2.75, 3.05) is 5.32 Å². The van der Waals surface area contributed by atoms with Crippen LogP contribution in [0.25, 0.3) is 23.5 Å². The summed E-state index contributed by atoms with van der Waals surface area (Å²) in [5.74, 6) is 0.198. The number of rotatable bonds is 7. The van der Waals surface area contributed by atoms with E-state index in [1.54, 1.807) is 24.3 Å². The first kappa shape index (κ1) is 20.9. The van der Waals surface area contributed by atoms with E-state index in [2.05, 4.69) is 5.32 Å². The maximum Gasteiger partial charge on any atom is 0.335 e. The quantitative estimate of drug-likeness (QED) is 0.382. The Morgan fingerprint density at radius 3 is 2.44 bits per heavy atom. The molecule has 0 saturated heterocycles. The monoisotopic (exact) mass is 423 g/mol. The molecule has 0 aliphatic carbocycles. The molecule has 2 N–H and O–H groups in total. The molecule has 0 saturated carbocycles. The van der Waals surface area contributed by atoms with Crippen molar-refractivity contribution in [1.82, 2.24) is 0 Å². The van der Waals surface area contributed by atoms with E-state index in [9.17, 15) is 14.7 Å². The molecular formula is C27H21NO4. The van der Waals surface area contributed by atoms with E-state index >= 15 is 0 Å². The molecule has 0 aliphatic heterocycles. The second-order valence-corrected chi connectivity index (χ2v) is 7.21. The number of carboxylic acids is 1. The molecule has 3 aromatic carbocycles. The third kappa shape index (κ3) is 5.21. The molecule has 1 aromatic heterocycles. The Hall–Kier alpha value is -4.38. The summed E-state index contributed by atoms with van der Waals surface area (Å²) in [7, 11) is 0. The first-order valence-corrected chi connectivity index (χ1v) is 10.1. The summed E-state index contributed by atoms with van der Waals surface area (Å²) in [6.07, 6.45) is 3.76. The number of carboxylic acid groups (broad SMARTS) is 1. The number of hydrogen-bond acceptors (Lipinski definition) is 3. The molecule has 158 valence electrons. The van der Waals surface area contributed by atoms with Gasteiger partial charge in [0.1, 0.15) is 11.5 Å². The number of benzene rings is 3. The summed E-state index contributed by atoms with van der Waals surface area (Å²) in [5, 5.41) is 12.1. The Bertz CT molecular complexity index is 1270. The SMILES string of the molecule is O=C(Cc1ccccc1C(=O)O)Nc1cccc(/C=C/c2ccc(-c3ccccc3)o2)c1. The third-order valence-corrected chi connectivity index (χ3v) is 4.89. The van der Waals surface area contributed by atoms with E-state index in [0.29, 0.717) is 11.3 Å². The number of amides is 1. The van der Waals surface area contributed by atoms with Gasteiger partial charge in [-0.05, 0) is 47.5 Å². The summed E-state index contributed by atoms with van der Waals surface area (Å²) in [4.78, 5) is 23.8. The number of nitrogens with one attached hydrogen (secondary N) is 1. The standard InChI is InChI=1S/C27H21NO4/c29-26(18-21-10-4-5-12-24(21)27(30)31)28-22-11-6-7-19(17-22)13-14-23-15-16-25(32-23)20-8-2-1-3-9-20/h1-17H,18H2,(H,28,29)(H,30,31)/b14-13+. The van der Waals surface area contributed by atoms with Crippen LogP contribution in [0.1, 0.15) is 27.2 Å². The van der Waals surface area contributed by atoms with Gasteiger partial charge in [0.05, 0.1) is 12.0 Å². The minimum absolute atomic E-state index is 0.0167. The van der Waals surface area contributed by atoms with Gasteiger partial charge in [0, 0.05) is 11.3 Å². The molecule has 5 heteroatoms. The number of aromatic carboxylic acids is 1. The summed E-state index contributed by atoms with van der Waals surface area (Å²) >= 11 is 0. The Morgan fingerprint density at radius 2 is 1.62 bits per heavy atom. The van der Waals surface area contributed by atoms with Crippen molar-refractivity contribution in [3.8, 4) is 11.3 Å². The fraction of sp³-hybridized carbons (Fsp3) is 0.0370. The van der Waals surface area contributed by atoms with Crippen molar-refractivity contribution in [3.05, 3.63) is 113 Å². The zero-order valence-electron chi connectivity index (χ0n) is 17.2. The molecule has 0 atom stereocenters. The van der Waals surface area contributed by atoms with E-state index in [1.165, 1.54) is 6.07 Å². The van der Waals surface area contributed by atoms with E-state index < -0.39 is 5.97 Å². The fourth-order valence-corrected chi connectivity index (χ4v) is 3.36. The number of carbonyl (C=O) groups is 2. The van der Waals surface area contributed by atoms with Crippen LogP contribution < -0.4 is 5.32 Å². The van der Waals surface area contributed by atoms with Gasteiger partial charge in [0.15, 0.2) is 0 Å². The highest BCUT2D eigenvalue weighted by Crippen LogP contribution is 2.23. The predicted molar refractivity (Wildman–Crippen MR) is 125 cm³/mol. The molecule has 0 fully saturated rings. The van der Waals surface area contributed by atoms with Crippen molar-refractivity contribution < 1.29 is 19.1 Å². The Kier molecular flexibility index (Phi) is 6.28. The summed E-state index contributed by atoms with van der Waals surface area (Å²) in [6, 6.07) is 27.6. The Morgan fingerprint density at radius 1 is 0.844 bits per heavy atom. The van der Waals surface area contributed by atoms with Gasteiger partial charge in [-0.15, -0.1) is 0 Å². The highest BCUT2D eigenvalue weighted by molar-refractivity contribution is 5.96.